The van der Waals surface area contributed by atoms with Crippen molar-refractivity contribution >= 4 is 23.3 Å². The van der Waals surface area contributed by atoms with Crippen LogP contribution in [0.4, 0.5) is 14.5 Å². The molecular weight excluding hydrogens is 298 g/mol. The number of nitrogens with two attached hydrogens (primary N) is 1. The Labute approximate surface area is 117 Å². The highest BCUT2D eigenvalue weighted by atomic mass is 35.5. The maximum absolute atomic E-state index is 13.7. The second-order valence-electron chi connectivity index (χ2n) is 3.79. The summed E-state index contributed by atoms with van der Waals surface area (Å²) in [5, 5.41) is 10.5. The Bertz CT molecular complexity index is 539. The van der Waals surface area contributed by atoms with Crippen molar-refractivity contribution in [2.24, 2.45) is 5.73 Å². The van der Waals surface area contributed by atoms with Gasteiger partial charge in [0.1, 0.15) is 11.1 Å². The second kappa shape index (κ2) is 6.10. The molecule has 0 aliphatic carbocycles. The van der Waals surface area contributed by atoms with Gasteiger partial charge in [-0.1, -0.05) is 17.7 Å². The summed E-state index contributed by atoms with van der Waals surface area (Å²) >= 11 is 5.56. The number of nitrogens with zero attached hydrogens (tertiary/aromatic N) is 1. The van der Waals surface area contributed by atoms with Gasteiger partial charge in [-0.2, -0.15) is 8.78 Å². The van der Waals surface area contributed by atoms with E-state index in [9.17, 15) is 23.7 Å². The van der Waals surface area contributed by atoms with Crippen molar-refractivity contribution in [3.8, 4) is 0 Å². The maximum atomic E-state index is 13.7. The van der Waals surface area contributed by atoms with E-state index < -0.39 is 28.5 Å². The molecule has 2 N–H and O–H groups in total. The van der Waals surface area contributed by atoms with E-state index in [-0.39, 0.29) is 17.2 Å². The van der Waals surface area contributed by atoms with Crippen molar-refractivity contribution in [1.29, 1.82) is 0 Å². The number of hydrogen-bond acceptors (Lipinski definition) is 5. The van der Waals surface area contributed by atoms with Crippen molar-refractivity contribution in [3.05, 3.63) is 38.9 Å². The second-order valence-corrected chi connectivity index (χ2v) is 4.20. The standard InChI is InChI=1S/C11H11ClF2N2O4/c1-2-20-10(17)11(13,14)9(15)6-3-4-7(12)8(5-6)16(18)19/h3-5,9H,2,15H2,1H3/t9-/m1/s1. The Morgan fingerprint density at radius 3 is 2.70 bits per heavy atom. The third-order valence-corrected chi connectivity index (χ3v) is 2.78. The molecule has 0 saturated carbocycles. The van der Waals surface area contributed by atoms with Gasteiger partial charge in [-0.15, -0.1) is 0 Å². The van der Waals surface area contributed by atoms with Crippen molar-refractivity contribution in [2.75, 3.05) is 6.61 Å². The van der Waals surface area contributed by atoms with E-state index in [4.69, 9.17) is 17.3 Å². The molecule has 0 spiro atoms. The molecule has 0 amide bonds. The molecule has 0 aliphatic rings. The van der Waals surface area contributed by atoms with Gasteiger partial charge < -0.3 is 10.5 Å². The van der Waals surface area contributed by atoms with E-state index in [1.165, 1.54) is 6.92 Å². The van der Waals surface area contributed by atoms with E-state index >= 15 is 0 Å². The van der Waals surface area contributed by atoms with Crippen LogP contribution in [0.3, 0.4) is 0 Å². The number of ether oxygens (including phenoxy) is 1. The van der Waals surface area contributed by atoms with Crippen LogP contribution < -0.4 is 5.73 Å². The Balaban J connectivity index is 3.14. The summed E-state index contributed by atoms with van der Waals surface area (Å²) < 4.78 is 31.7. The third-order valence-electron chi connectivity index (χ3n) is 2.46. The van der Waals surface area contributed by atoms with Crippen LogP contribution in [0.2, 0.25) is 5.02 Å². The highest BCUT2D eigenvalue weighted by Gasteiger charge is 2.48. The zero-order valence-corrected chi connectivity index (χ0v) is 11.1. The molecule has 0 saturated heterocycles. The summed E-state index contributed by atoms with van der Waals surface area (Å²) in [5.74, 6) is -5.79. The molecule has 9 heteroatoms. The number of carbonyl (C=O) groups is 1. The summed E-state index contributed by atoms with van der Waals surface area (Å²) in [4.78, 5) is 21.0. The van der Waals surface area contributed by atoms with Crippen LogP contribution in [0.15, 0.2) is 18.2 Å². The molecule has 1 atom stereocenters. The highest BCUT2D eigenvalue weighted by Crippen LogP contribution is 2.34. The fourth-order valence-electron chi connectivity index (χ4n) is 1.43. The molecule has 0 aliphatic heterocycles. The van der Waals surface area contributed by atoms with Crippen molar-refractivity contribution in [3.63, 3.8) is 0 Å². The third kappa shape index (κ3) is 3.20. The molecule has 1 aromatic carbocycles. The molecule has 0 heterocycles. The molecule has 0 fully saturated rings. The number of benzene rings is 1. The van der Waals surface area contributed by atoms with E-state index in [1.54, 1.807) is 0 Å². The summed E-state index contributed by atoms with van der Waals surface area (Å²) in [6.07, 6.45) is 0. The molecule has 0 bridgehead atoms. The van der Waals surface area contributed by atoms with Crippen LogP contribution in [0, 0.1) is 10.1 Å². The molecular formula is C11H11ClF2N2O4. The van der Waals surface area contributed by atoms with Gasteiger partial charge in [0.25, 0.3) is 5.69 Å². The lowest BCUT2D eigenvalue weighted by atomic mass is 10.0. The molecule has 6 nitrogen and oxygen atoms in total. The first-order valence-electron chi connectivity index (χ1n) is 5.46. The lowest BCUT2D eigenvalue weighted by Crippen LogP contribution is -2.41. The van der Waals surface area contributed by atoms with Crippen LogP contribution in [0.1, 0.15) is 18.5 Å². The van der Waals surface area contributed by atoms with Crippen LogP contribution in [-0.4, -0.2) is 23.4 Å². The highest BCUT2D eigenvalue weighted by molar-refractivity contribution is 6.32. The predicted molar refractivity (Wildman–Crippen MR) is 66.6 cm³/mol. The molecule has 1 aromatic rings. The largest absolute Gasteiger partial charge is 0.462 e. The minimum absolute atomic E-state index is 0.217. The quantitative estimate of drug-likeness (QED) is 0.512. The number of halogens is 3. The van der Waals surface area contributed by atoms with Gasteiger partial charge in [-0.05, 0) is 18.6 Å². The van der Waals surface area contributed by atoms with Crippen LogP contribution >= 0.6 is 11.6 Å². The Kier molecular flexibility index (Phi) is 4.96. The molecule has 1 rings (SSSR count). The Hall–Kier alpha value is -1.80. The van der Waals surface area contributed by atoms with Crippen molar-refractivity contribution in [1.82, 2.24) is 0 Å². The monoisotopic (exact) mass is 308 g/mol. The van der Waals surface area contributed by atoms with Crippen LogP contribution in [0.25, 0.3) is 0 Å². The average Bonchev–Trinajstić information content (AvgIpc) is 2.38. The first-order chi connectivity index (χ1) is 9.21. The average molecular weight is 309 g/mol. The fraction of sp³-hybridized carbons (Fsp3) is 0.364. The lowest BCUT2D eigenvalue weighted by molar-refractivity contribution is -0.384. The molecule has 0 radical (unpaired) electrons. The number of rotatable bonds is 5. The summed E-state index contributed by atoms with van der Waals surface area (Å²) in [6, 6.07) is 0.890. The van der Waals surface area contributed by atoms with Gasteiger partial charge in [-0.25, -0.2) is 4.79 Å². The van der Waals surface area contributed by atoms with E-state index in [2.05, 4.69) is 4.74 Å². The SMILES string of the molecule is CCOC(=O)C(F)(F)[C@H](N)c1ccc(Cl)c([N+](=O)[O-])c1. The van der Waals surface area contributed by atoms with Gasteiger partial charge in [0, 0.05) is 6.07 Å². The topological polar surface area (TPSA) is 95.5 Å². The van der Waals surface area contributed by atoms with E-state index in [0.717, 1.165) is 18.2 Å². The number of alkyl halides is 2. The maximum Gasteiger partial charge on any atom is 0.379 e. The van der Waals surface area contributed by atoms with Crippen LogP contribution in [0.5, 0.6) is 0 Å². The van der Waals surface area contributed by atoms with E-state index in [1.807, 2.05) is 0 Å². The Morgan fingerprint density at radius 1 is 1.60 bits per heavy atom. The number of nitro benzene ring substituents is 1. The normalized spacial score (nSPS) is 12.8. The van der Waals surface area contributed by atoms with Crippen molar-refractivity contribution in [2.45, 2.75) is 18.9 Å². The van der Waals surface area contributed by atoms with Gasteiger partial charge in [0.05, 0.1) is 11.5 Å². The van der Waals surface area contributed by atoms with Crippen molar-refractivity contribution < 1.29 is 23.2 Å². The van der Waals surface area contributed by atoms with E-state index in [0.29, 0.717) is 0 Å². The lowest BCUT2D eigenvalue weighted by Gasteiger charge is -2.21. The number of carbonyl (C=O) groups excluding carboxylic acids is 1. The summed E-state index contributed by atoms with van der Waals surface area (Å²) in [6.45, 7) is 1.13. The number of hydrogen-bond donors (Lipinski definition) is 1. The molecule has 20 heavy (non-hydrogen) atoms. The summed E-state index contributed by atoms with van der Waals surface area (Å²) in [5.41, 5.74) is 4.44. The first-order valence-corrected chi connectivity index (χ1v) is 5.84. The number of esters is 1. The van der Waals surface area contributed by atoms with Crippen LogP contribution in [-0.2, 0) is 9.53 Å². The fourth-order valence-corrected chi connectivity index (χ4v) is 1.61. The number of nitro groups is 1. The first kappa shape index (κ1) is 16.3. The smallest absolute Gasteiger partial charge is 0.379 e. The minimum atomic E-state index is -4.00. The summed E-state index contributed by atoms with van der Waals surface area (Å²) in [7, 11) is 0. The minimum Gasteiger partial charge on any atom is -0.462 e. The molecule has 0 aromatic heterocycles. The van der Waals surface area contributed by atoms with Gasteiger partial charge in [0.2, 0.25) is 0 Å². The zero-order chi connectivity index (χ0) is 15.5. The zero-order valence-electron chi connectivity index (χ0n) is 10.3. The Morgan fingerprint density at radius 2 is 2.20 bits per heavy atom. The van der Waals surface area contributed by atoms with Gasteiger partial charge >= 0.3 is 11.9 Å². The predicted octanol–water partition coefficient (Wildman–Crippen LogP) is 2.45. The van der Waals surface area contributed by atoms with Gasteiger partial charge in [0.15, 0.2) is 0 Å². The molecule has 0 unspecified atom stereocenters. The molecule has 110 valence electrons. The van der Waals surface area contributed by atoms with Gasteiger partial charge in [-0.3, -0.25) is 10.1 Å².